The Labute approximate surface area is 110 Å². The van der Waals surface area contributed by atoms with Gasteiger partial charge in [0.25, 0.3) is 0 Å². The second-order valence-electron chi connectivity index (χ2n) is 4.89. The number of fused-ring (bicyclic) bond motifs is 1. The predicted octanol–water partition coefficient (Wildman–Crippen LogP) is 2.12. The molecule has 3 unspecified atom stereocenters. The van der Waals surface area contributed by atoms with E-state index in [1.165, 1.54) is 0 Å². The molecule has 3 rings (SSSR count). The minimum absolute atomic E-state index is 0.360. The van der Waals surface area contributed by atoms with Crippen molar-refractivity contribution in [2.75, 3.05) is 18.0 Å². The molecule has 0 aliphatic carbocycles. The second kappa shape index (κ2) is 4.14. The van der Waals surface area contributed by atoms with Gasteiger partial charge in [0.1, 0.15) is 12.2 Å². The summed E-state index contributed by atoms with van der Waals surface area (Å²) in [6, 6.07) is 5.49. The molecule has 3 atom stereocenters. The van der Waals surface area contributed by atoms with Crippen LogP contribution in [0, 0.1) is 0 Å². The largest absolute Gasteiger partial charge is 0.481 e. The fraction of sp³-hybridized carbons (Fsp3) is 0.462. The van der Waals surface area contributed by atoms with E-state index in [0.29, 0.717) is 17.2 Å². The number of hydrogen-bond acceptors (Lipinski definition) is 3. The van der Waals surface area contributed by atoms with Gasteiger partial charge in [-0.1, -0.05) is 17.7 Å². The standard InChI is InChI=1S/C13H14ClNO3/c1-7(13(16)17)8-2-3-10(9(14)4-8)15-5-11-12(6-15)18-11/h2-4,7,11-12H,5-6H2,1H3,(H,16,17). The number of ether oxygens (including phenoxy) is 1. The van der Waals surface area contributed by atoms with Crippen LogP contribution in [0.4, 0.5) is 5.69 Å². The van der Waals surface area contributed by atoms with Crippen LogP contribution in [-0.2, 0) is 9.53 Å². The lowest BCUT2D eigenvalue weighted by atomic mass is 10.0. The Bertz CT molecular complexity index is 495. The molecular formula is C13H14ClNO3. The summed E-state index contributed by atoms with van der Waals surface area (Å²) in [5.74, 6) is -1.37. The number of anilines is 1. The van der Waals surface area contributed by atoms with E-state index in [2.05, 4.69) is 4.90 Å². The quantitative estimate of drug-likeness (QED) is 0.853. The first-order chi connectivity index (χ1) is 8.56. The molecule has 1 aromatic carbocycles. The molecule has 96 valence electrons. The summed E-state index contributed by atoms with van der Waals surface area (Å²) < 4.78 is 5.38. The van der Waals surface area contributed by atoms with E-state index in [0.717, 1.165) is 24.3 Å². The smallest absolute Gasteiger partial charge is 0.310 e. The molecule has 18 heavy (non-hydrogen) atoms. The third-order valence-corrected chi connectivity index (χ3v) is 3.97. The first kappa shape index (κ1) is 11.8. The Morgan fingerprint density at radius 1 is 1.50 bits per heavy atom. The average Bonchev–Trinajstić information content (AvgIpc) is 2.95. The lowest BCUT2D eigenvalue weighted by Gasteiger charge is -2.21. The SMILES string of the molecule is CC(C(=O)O)c1ccc(N2CC3OC3C2)c(Cl)c1. The zero-order valence-corrected chi connectivity index (χ0v) is 10.7. The van der Waals surface area contributed by atoms with Crippen LogP contribution in [0.15, 0.2) is 18.2 Å². The fourth-order valence-corrected chi connectivity index (χ4v) is 2.71. The van der Waals surface area contributed by atoms with Crippen LogP contribution in [-0.4, -0.2) is 36.4 Å². The van der Waals surface area contributed by atoms with Crippen molar-refractivity contribution in [3.8, 4) is 0 Å². The van der Waals surface area contributed by atoms with Crippen LogP contribution < -0.4 is 4.90 Å². The molecule has 0 saturated carbocycles. The van der Waals surface area contributed by atoms with Gasteiger partial charge in [0.15, 0.2) is 0 Å². The van der Waals surface area contributed by atoms with Crippen LogP contribution >= 0.6 is 11.6 Å². The molecule has 0 amide bonds. The van der Waals surface area contributed by atoms with Gasteiger partial charge in [0, 0.05) is 13.1 Å². The monoisotopic (exact) mass is 267 g/mol. The Morgan fingerprint density at radius 3 is 2.72 bits per heavy atom. The number of aliphatic carboxylic acids is 1. The van der Waals surface area contributed by atoms with Crippen LogP contribution in [0.5, 0.6) is 0 Å². The summed E-state index contributed by atoms with van der Waals surface area (Å²) in [6.07, 6.45) is 0.720. The molecule has 4 nitrogen and oxygen atoms in total. The Morgan fingerprint density at radius 2 is 2.17 bits per heavy atom. The molecule has 2 aliphatic rings. The maximum absolute atomic E-state index is 10.9. The molecule has 0 bridgehead atoms. The minimum Gasteiger partial charge on any atom is -0.481 e. The van der Waals surface area contributed by atoms with Crippen molar-refractivity contribution < 1.29 is 14.6 Å². The minimum atomic E-state index is -0.838. The number of halogens is 1. The van der Waals surface area contributed by atoms with Crippen LogP contribution in [0.25, 0.3) is 0 Å². The highest BCUT2D eigenvalue weighted by Crippen LogP contribution is 2.37. The molecular weight excluding hydrogens is 254 g/mol. The first-order valence-corrected chi connectivity index (χ1v) is 6.36. The Hall–Kier alpha value is -1.26. The van der Waals surface area contributed by atoms with Gasteiger partial charge >= 0.3 is 5.97 Å². The molecule has 2 fully saturated rings. The first-order valence-electron chi connectivity index (χ1n) is 5.99. The van der Waals surface area contributed by atoms with Crippen molar-refractivity contribution in [3.63, 3.8) is 0 Å². The van der Waals surface area contributed by atoms with E-state index in [4.69, 9.17) is 21.4 Å². The molecule has 2 heterocycles. The van der Waals surface area contributed by atoms with Crippen molar-refractivity contribution >= 4 is 23.3 Å². The zero-order valence-electron chi connectivity index (χ0n) is 9.97. The van der Waals surface area contributed by atoms with E-state index in [-0.39, 0.29) is 0 Å². The van der Waals surface area contributed by atoms with Gasteiger partial charge in [-0.05, 0) is 24.6 Å². The maximum Gasteiger partial charge on any atom is 0.310 e. The topological polar surface area (TPSA) is 53.1 Å². The summed E-state index contributed by atoms with van der Waals surface area (Å²) in [5.41, 5.74) is 1.70. The summed E-state index contributed by atoms with van der Waals surface area (Å²) in [6.45, 7) is 3.41. The van der Waals surface area contributed by atoms with E-state index < -0.39 is 11.9 Å². The number of rotatable bonds is 3. The molecule has 0 radical (unpaired) electrons. The highest BCUT2D eigenvalue weighted by atomic mass is 35.5. The zero-order chi connectivity index (χ0) is 12.9. The summed E-state index contributed by atoms with van der Waals surface area (Å²) in [4.78, 5) is 13.1. The normalized spacial score (nSPS) is 26.9. The van der Waals surface area contributed by atoms with Crippen molar-refractivity contribution in [3.05, 3.63) is 28.8 Å². The maximum atomic E-state index is 10.9. The summed E-state index contributed by atoms with van der Waals surface area (Å²) in [5, 5.41) is 9.59. The van der Waals surface area contributed by atoms with Crippen molar-refractivity contribution in [2.45, 2.75) is 25.0 Å². The lowest BCUT2D eigenvalue weighted by Crippen LogP contribution is -2.24. The number of hydrogen-bond donors (Lipinski definition) is 1. The van der Waals surface area contributed by atoms with Crippen LogP contribution in [0.3, 0.4) is 0 Å². The van der Waals surface area contributed by atoms with Crippen molar-refractivity contribution in [1.82, 2.24) is 0 Å². The van der Waals surface area contributed by atoms with E-state index in [1.807, 2.05) is 12.1 Å². The average molecular weight is 268 g/mol. The number of morpholine rings is 1. The van der Waals surface area contributed by atoms with Gasteiger partial charge in [-0.3, -0.25) is 4.79 Å². The molecule has 1 N–H and O–H groups in total. The molecule has 1 aromatic rings. The fourth-order valence-electron chi connectivity index (χ4n) is 2.40. The third-order valence-electron chi connectivity index (χ3n) is 3.67. The number of benzene rings is 1. The van der Waals surface area contributed by atoms with Crippen LogP contribution in [0.2, 0.25) is 5.02 Å². The summed E-state index contributed by atoms with van der Waals surface area (Å²) >= 11 is 6.25. The lowest BCUT2D eigenvalue weighted by molar-refractivity contribution is -0.138. The van der Waals surface area contributed by atoms with Gasteiger partial charge in [-0.25, -0.2) is 0 Å². The van der Waals surface area contributed by atoms with Crippen LogP contribution in [0.1, 0.15) is 18.4 Å². The van der Waals surface area contributed by atoms with E-state index in [1.54, 1.807) is 13.0 Å². The molecule has 0 aromatic heterocycles. The van der Waals surface area contributed by atoms with Crippen molar-refractivity contribution in [2.24, 2.45) is 0 Å². The Kier molecular flexibility index (Phi) is 2.72. The number of nitrogens with zero attached hydrogens (tertiary/aromatic N) is 1. The third kappa shape index (κ3) is 1.95. The summed E-state index contributed by atoms with van der Waals surface area (Å²) in [7, 11) is 0. The number of carboxylic acids is 1. The van der Waals surface area contributed by atoms with Gasteiger partial charge in [-0.15, -0.1) is 0 Å². The number of carbonyl (C=O) groups is 1. The number of carboxylic acid groups (broad SMARTS) is 1. The molecule has 5 heteroatoms. The van der Waals surface area contributed by atoms with Gasteiger partial charge in [0.2, 0.25) is 0 Å². The molecule has 0 spiro atoms. The van der Waals surface area contributed by atoms with E-state index >= 15 is 0 Å². The predicted molar refractivity (Wildman–Crippen MR) is 68.4 cm³/mol. The van der Waals surface area contributed by atoms with E-state index in [9.17, 15) is 4.79 Å². The Balaban J connectivity index is 1.82. The number of epoxide rings is 1. The highest BCUT2D eigenvalue weighted by Gasteiger charge is 2.47. The van der Waals surface area contributed by atoms with Gasteiger partial charge in [-0.2, -0.15) is 0 Å². The molecule has 2 aliphatic heterocycles. The van der Waals surface area contributed by atoms with Crippen molar-refractivity contribution in [1.29, 1.82) is 0 Å². The molecule has 2 saturated heterocycles. The second-order valence-corrected chi connectivity index (χ2v) is 5.30. The van der Waals surface area contributed by atoms with Gasteiger partial charge < -0.3 is 14.7 Å². The highest BCUT2D eigenvalue weighted by molar-refractivity contribution is 6.33. The van der Waals surface area contributed by atoms with Gasteiger partial charge in [0.05, 0.1) is 16.6 Å².